The monoisotopic (exact) mass is 244 g/mol. The molecular formula is C15H17OP. The average molecular weight is 244 g/mol. The lowest BCUT2D eigenvalue weighted by molar-refractivity contribution is 0.414. The topological polar surface area (TPSA) is 9.23 Å². The summed E-state index contributed by atoms with van der Waals surface area (Å²) >= 11 is 0. The van der Waals surface area contributed by atoms with Gasteiger partial charge in [0.15, 0.2) is 0 Å². The van der Waals surface area contributed by atoms with Crippen LogP contribution in [0.1, 0.15) is 5.56 Å². The van der Waals surface area contributed by atoms with Crippen LogP contribution < -0.4 is 10.0 Å². The first-order valence-corrected chi connectivity index (χ1v) is 7.66. The van der Waals surface area contributed by atoms with Crippen LogP contribution in [0.15, 0.2) is 54.6 Å². The maximum absolute atomic E-state index is 5.25. The van der Waals surface area contributed by atoms with Crippen LogP contribution in [0.4, 0.5) is 0 Å². The largest absolute Gasteiger partial charge is 0.497 e. The Morgan fingerprint density at radius 1 is 1.00 bits per heavy atom. The molecule has 2 rings (SSSR count). The van der Waals surface area contributed by atoms with Crippen molar-refractivity contribution in [2.24, 2.45) is 0 Å². The summed E-state index contributed by atoms with van der Waals surface area (Å²) in [5, 5.41) is 1.45. The van der Waals surface area contributed by atoms with Crippen molar-refractivity contribution >= 4 is 13.2 Å². The van der Waals surface area contributed by atoms with Gasteiger partial charge in [-0.05, 0) is 35.8 Å². The highest BCUT2D eigenvalue weighted by Crippen LogP contribution is 2.34. The molecule has 0 saturated carbocycles. The average Bonchev–Trinajstić information content (AvgIpc) is 2.40. The first kappa shape index (κ1) is 12.1. The van der Waals surface area contributed by atoms with Gasteiger partial charge in [0.1, 0.15) is 5.75 Å². The van der Waals surface area contributed by atoms with E-state index in [2.05, 4.69) is 55.2 Å². The standard InChI is InChI=1S/C15H17OP/c1-16-14-8-6-7-13(11-14)12-17(2)15-9-4-3-5-10-15/h3-11H,12H2,1-2H3. The molecule has 0 aliphatic rings. The first-order valence-electron chi connectivity index (χ1n) is 5.69. The maximum atomic E-state index is 5.25. The number of ether oxygens (including phenoxy) is 1. The fourth-order valence-corrected chi connectivity index (χ4v) is 3.43. The number of methoxy groups -OCH3 is 1. The number of hydrogen-bond donors (Lipinski definition) is 0. The van der Waals surface area contributed by atoms with Crippen LogP contribution in [0.3, 0.4) is 0 Å². The number of benzene rings is 2. The van der Waals surface area contributed by atoms with Crippen molar-refractivity contribution in [2.45, 2.75) is 6.16 Å². The Morgan fingerprint density at radius 3 is 2.47 bits per heavy atom. The van der Waals surface area contributed by atoms with Crippen molar-refractivity contribution in [3.05, 3.63) is 60.2 Å². The Hall–Kier alpha value is -1.33. The SMILES string of the molecule is COc1cccc(CP(C)c2ccccc2)c1. The Morgan fingerprint density at radius 2 is 1.76 bits per heavy atom. The van der Waals surface area contributed by atoms with Crippen LogP contribution in [0.25, 0.3) is 0 Å². The molecule has 0 N–H and O–H groups in total. The summed E-state index contributed by atoms with van der Waals surface area (Å²) in [7, 11) is 1.59. The van der Waals surface area contributed by atoms with Gasteiger partial charge in [-0.15, -0.1) is 0 Å². The molecule has 0 aliphatic heterocycles. The van der Waals surface area contributed by atoms with E-state index in [0.717, 1.165) is 11.9 Å². The van der Waals surface area contributed by atoms with Crippen molar-refractivity contribution in [2.75, 3.05) is 13.8 Å². The molecule has 2 heteroatoms. The van der Waals surface area contributed by atoms with Gasteiger partial charge in [0.2, 0.25) is 0 Å². The predicted octanol–water partition coefficient (Wildman–Crippen LogP) is 3.63. The third kappa shape index (κ3) is 3.31. The van der Waals surface area contributed by atoms with Gasteiger partial charge in [-0.3, -0.25) is 0 Å². The summed E-state index contributed by atoms with van der Waals surface area (Å²) in [6, 6.07) is 19.1. The van der Waals surface area contributed by atoms with Gasteiger partial charge < -0.3 is 4.74 Å². The molecule has 0 bridgehead atoms. The number of hydrogen-bond acceptors (Lipinski definition) is 1. The van der Waals surface area contributed by atoms with Crippen molar-refractivity contribution in [1.29, 1.82) is 0 Å². The zero-order valence-corrected chi connectivity index (χ0v) is 11.2. The molecule has 1 nitrogen and oxygen atoms in total. The summed E-state index contributed by atoms with van der Waals surface area (Å²) in [6.07, 6.45) is 1.11. The van der Waals surface area contributed by atoms with Gasteiger partial charge in [-0.1, -0.05) is 50.4 Å². The molecule has 2 aromatic rings. The van der Waals surface area contributed by atoms with E-state index in [9.17, 15) is 0 Å². The first-order chi connectivity index (χ1) is 8.29. The smallest absolute Gasteiger partial charge is 0.119 e. The summed E-state index contributed by atoms with van der Waals surface area (Å²) < 4.78 is 5.25. The fourth-order valence-electron chi connectivity index (χ4n) is 1.82. The van der Waals surface area contributed by atoms with Crippen molar-refractivity contribution in [1.82, 2.24) is 0 Å². The third-order valence-electron chi connectivity index (χ3n) is 2.75. The molecule has 88 valence electrons. The van der Waals surface area contributed by atoms with Crippen LogP contribution in [0.2, 0.25) is 0 Å². The summed E-state index contributed by atoms with van der Waals surface area (Å²) in [5.74, 6) is 0.943. The predicted molar refractivity (Wildman–Crippen MR) is 75.6 cm³/mol. The lowest BCUT2D eigenvalue weighted by atomic mass is 10.2. The lowest BCUT2D eigenvalue weighted by Gasteiger charge is -2.13. The Balaban J connectivity index is 2.10. The maximum Gasteiger partial charge on any atom is 0.119 e. The molecule has 0 heterocycles. The highest BCUT2D eigenvalue weighted by Gasteiger charge is 2.05. The van der Waals surface area contributed by atoms with Gasteiger partial charge in [0.25, 0.3) is 0 Å². The second-order valence-corrected chi connectivity index (χ2v) is 6.27. The molecule has 0 radical (unpaired) electrons. The van der Waals surface area contributed by atoms with Crippen LogP contribution in [0.5, 0.6) is 5.75 Å². The second kappa shape index (κ2) is 5.84. The summed E-state index contributed by atoms with van der Waals surface area (Å²) in [5.41, 5.74) is 1.35. The van der Waals surface area contributed by atoms with Crippen LogP contribution in [-0.2, 0) is 6.16 Å². The highest BCUT2D eigenvalue weighted by molar-refractivity contribution is 7.64. The molecule has 0 spiro atoms. The van der Waals surface area contributed by atoms with Gasteiger partial charge in [-0.2, -0.15) is 0 Å². The third-order valence-corrected chi connectivity index (χ3v) is 4.77. The van der Waals surface area contributed by atoms with Crippen molar-refractivity contribution in [3.8, 4) is 5.75 Å². The van der Waals surface area contributed by atoms with Crippen LogP contribution in [0, 0.1) is 0 Å². The van der Waals surface area contributed by atoms with E-state index >= 15 is 0 Å². The molecule has 1 atom stereocenters. The summed E-state index contributed by atoms with van der Waals surface area (Å²) in [6.45, 7) is 2.32. The van der Waals surface area contributed by atoms with Crippen LogP contribution >= 0.6 is 7.92 Å². The minimum Gasteiger partial charge on any atom is -0.497 e. The zero-order chi connectivity index (χ0) is 12.1. The number of rotatable bonds is 4. The summed E-state index contributed by atoms with van der Waals surface area (Å²) in [4.78, 5) is 0. The van der Waals surface area contributed by atoms with Crippen molar-refractivity contribution in [3.63, 3.8) is 0 Å². The van der Waals surface area contributed by atoms with E-state index in [-0.39, 0.29) is 7.92 Å². The molecule has 1 unspecified atom stereocenters. The van der Waals surface area contributed by atoms with E-state index in [1.807, 2.05) is 6.07 Å². The van der Waals surface area contributed by atoms with Gasteiger partial charge in [-0.25, -0.2) is 0 Å². The highest BCUT2D eigenvalue weighted by atomic mass is 31.1. The van der Waals surface area contributed by atoms with Gasteiger partial charge in [0.05, 0.1) is 7.11 Å². The molecule has 17 heavy (non-hydrogen) atoms. The molecule has 0 fully saturated rings. The van der Waals surface area contributed by atoms with Gasteiger partial charge in [0, 0.05) is 0 Å². The minimum absolute atomic E-state index is 0.125. The lowest BCUT2D eigenvalue weighted by Crippen LogP contribution is -2.00. The van der Waals surface area contributed by atoms with E-state index in [1.54, 1.807) is 7.11 Å². The van der Waals surface area contributed by atoms with E-state index < -0.39 is 0 Å². The van der Waals surface area contributed by atoms with E-state index in [4.69, 9.17) is 4.74 Å². The Kier molecular flexibility index (Phi) is 4.17. The molecule has 0 saturated heterocycles. The fraction of sp³-hybridized carbons (Fsp3) is 0.200. The molecule has 2 aromatic carbocycles. The normalized spacial score (nSPS) is 12.1. The molecular weight excluding hydrogens is 227 g/mol. The zero-order valence-electron chi connectivity index (χ0n) is 10.3. The quantitative estimate of drug-likeness (QED) is 0.746. The van der Waals surface area contributed by atoms with Crippen molar-refractivity contribution < 1.29 is 4.74 Å². The Bertz CT molecular complexity index is 467. The van der Waals surface area contributed by atoms with Crippen LogP contribution in [-0.4, -0.2) is 13.8 Å². The molecule has 0 amide bonds. The molecule has 0 aromatic heterocycles. The van der Waals surface area contributed by atoms with Gasteiger partial charge >= 0.3 is 0 Å². The van der Waals surface area contributed by atoms with E-state index in [0.29, 0.717) is 0 Å². The van der Waals surface area contributed by atoms with E-state index in [1.165, 1.54) is 10.9 Å². The Labute approximate surface area is 104 Å². The second-order valence-electron chi connectivity index (χ2n) is 4.04. The minimum atomic E-state index is -0.125. The molecule has 0 aliphatic carbocycles.